The lowest BCUT2D eigenvalue weighted by molar-refractivity contribution is -0.139. The lowest BCUT2D eigenvalue weighted by Crippen LogP contribution is -2.08. The Hall–Kier alpha value is -1.85. The van der Waals surface area contributed by atoms with Crippen LogP contribution in [0.5, 0.6) is 0 Å². The molecule has 0 bridgehead atoms. The minimum atomic E-state index is -4.73. The highest BCUT2D eigenvalue weighted by molar-refractivity contribution is 5.59. The van der Waals surface area contributed by atoms with Gasteiger partial charge in [0, 0.05) is 6.92 Å². The van der Waals surface area contributed by atoms with E-state index in [4.69, 9.17) is 4.42 Å². The highest BCUT2D eigenvalue weighted by Crippen LogP contribution is 2.35. The Morgan fingerprint density at radius 3 is 2.47 bits per heavy atom. The first-order chi connectivity index (χ1) is 7.89. The number of aromatic nitrogens is 1. The fourth-order valence-electron chi connectivity index (χ4n) is 1.43. The van der Waals surface area contributed by atoms with E-state index in [9.17, 15) is 17.6 Å². The molecule has 1 aromatic heterocycles. The molecule has 0 radical (unpaired) electrons. The predicted molar refractivity (Wildman–Crippen MR) is 51.6 cm³/mol. The van der Waals surface area contributed by atoms with Crippen LogP contribution >= 0.6 is 0 Å². The van der Waals surface area contributed by atoms with Gasteiger partial charge in [0.2, 0.25) is 0 Å². The molecule has 0 aliphatic rings. The predicted octanol–water partition coefficient (Wildman–Crippen LogP) is 3.81. The molecule has 0 spiro atoms. The molecule has 0 N–H and O–H groups in total. The zero-order valence-electron chi connectivity index (χ0n) is 8.68. The zero-order chi connectivity index (χ0) is 12.6. The summed E-state index contributed by atoms with van der Waals surface area (Å²) in [5, 5.41) is 0. The van der Waals surface area contributed by atoms with E-state index in [2.05, 4.69) is 4.98 Å². The van der Waals surface area contributed by atoms with Gasteiger partial charge in [-0.15, -0.1) is 0 Å². The van der Waals surface area contributed by atoms with Crippen LogP contribution in [0, 0.1) is 12.7 Å². The number of oxazole rings is 1. The van der Waals surface area contributed by atoms with Crippen LogP contribution in [0.4, 0.5) is 17.6 Å². The van der Waals surface area contributed by atoms with E-state index in [0.29, 0.717) is 6.07 Å². The number of halogens is 4. The summed E-state index contributed by atoms with van der Waals surface area (Å²) in [4.78, 5) is 3.71. The number of benzene rings is 1. The Morgan fingerprint density at radius 1 is 1.24 bits per heavy atom. The molecule has 6 heteroatoms. The van der Waals surface area contributed by atoms with Crippen LogP contribution in [0.15, 0.2) is 28.8 Å². The van der Waals surface area contributed by atoms with Crippen molar-refractivity contribution in [2.24, 2.45) is 0 Å². The van der Waals surface area contributed by atoms with Crippen molar-refractivity contribution in [3.8, 4) is 11.3 Å². The first kappa shape index (κ1) is 11.6. The molecule has 17 heavy (non-hydrogen) atoms. The summed E-state index contributed by atoms with van der Waals surface area (Å²) >= 11 is 0. The Bertz CT molecular complexity index is 545. The van der Waals surface area contributed by atoms with Gasteiger partial charge in [0.05, 0.1) is 17.3 Å². The average Bonchev–Trinajstić information content (AvgIpc) is 2.63. The standard InChI is InChI=1S/C11H7F4NO/c1-6-16-5-9(17-6)7-3-2-4-8(10(7)12)11(13,14)15/h2-5H,1H3. The molecule has 1 heterocycles. The highest BCUT2D eigenvalue weighted by Gasteiger charge is 2.35. The Labute approximate surface area is 93.9 Å². The molecule has 2 rings (SSSR count). The Kier molecular flexibility index (Phi) is 2.65. The molecular weight excluding hydrogens is 238 g/mol. The number of hydrogen-bond acceptors (Lipinski definition) is 2. The monoisotopic (exact) mass is 245 g/mol. The topological polar surface area (TPSA) is 26.0 Å². The third-order valence-electron chi connectivity index (χ3n) is 2.19. The molecule has 0 atom stereocenters. The number of rotatable bonds is 1. The lowest BCUT2D eigenvalue weighted by atomic mass is 10.1. The molecule has 90 valence electrons. The van der Waals surface area contributed by atoms with Crippen LogP contribution < -0.4 is 0 Å². The van der Waals surface area contributed by atoms with Crippen LogP contribution in [0.3, 0.4) is 0 Å². The van der Waals surface area contributed by atoms with Crippen molar-refractivity contribution in [1.82, 2.24) is 4.98 Å². The molecule has 0 aliphatic heterocycles. The van der Waals surface area contributed by atoms with Gasteiger partial charge in [-0.3, -0.25) is 0 Å². The van der Waals surface area contributed by atoms with Crippen molar-refractivity contribution in [3.05, 3.63) is 41.7 Å². The molecular formula is C11H7F4NO. The molecule has 2 nitrogen and oxygen atoms in total. The number of hydrogen-bond donors (Lipinski definition) is 0. The molecule has 1 aromatic carbocycles. The second-order valence-corrected chi connectivity index (χ2v) is 3.41. The smallest absolute Gasteiger partial charge is 0.419 e. The van der Waals surface area contributed by atoms with Gasteiger partial charge >= 0.3 is 6.18 Å². The second-order valence-electron chi connectivity index (χ2n) is 3.41. The van der Waals surface area contributed by atoms with E-state index >= 15 is 0 Å². The van der Waals surface area contributed by atoms with Crippen molar-refractivity contribution in [3.63, 3.8) is 0 Å². The fourth-order valence-corrected chi connectivity index (χ4v) is 1.43. The molecule has 0 unspecified atom stereocenters. The van der Waals surface area contributed by atoms with Crippen LogP contribution in [0.1, 0.15) is 11.5 Å². The molecule has 2 aromatic rings. The van der Waals surface area contributed by atoms with Gasteiger partial charge in [-0.2, -0.15) is 13.2 Å². The van der Waals surface area contributed by atoms with Gasteiger partial charge in [0.1, 0.15) is 5.82 Å². The zero-order valence-corrected chi connectivity index (χ0v) is 8.68. The van der Waals surface area contributed by atoms with Gasteiger partial charge in [-0.25, -0.2) is 9.37 Å². The van der Waals surface area contributed by atoms with Gasteiger partial charge < -0.3 is 4.42 Å². The summed E-state index contributed by atoms with van der Waals surface area (Å²) in [5.74, 6) is -1.11. The maximum atomic E-state index is 13.7. The fraction of sp³-hybridized carbons (Fsp3) is 0.182. The van der Waals surface area contributed by atoms with Crippen molar-refractivity contribution < 1.29 is 22.0 Å². The number of nitrogens with zero attached hydrogens (tertiary/aromatic N) is 1. The Morgan fingerprint density at radius 2 is 1.94 bits per heavy atom. The van der Waals surface area contributed by atoms with Crippen LogP contribution in [-0.2, 0) is 6.18 Å². The molecule has 0 aliphatic carbocycles. The summed E-state index contributed by atoms with van der Waals surface area (Å²) in [5.41, 5.74) is -1.57. The minimum Gasteiger partial charge on any atom is -0.441 e. The number of aryl methyl sites for hydroxylation is 1. The molecule has 0 saturated heterocycles. The highest BCUT2D eigenvalue weighted by atomic mass is 19.4. The van der Waals surface area contributed by atoms with E-state index < -0.39 is 17.6 Å². The first-order valence-corrected chi connectivity index (χ1v) is 4.68. The van der Waals surface area contributed by atoms with Crippen molar-refractivity contribution >= 4 is 0 Å². The lowest BCUT2D eigenvalue weighted by Gasteiger charge is -2.09. The van der Waals surface area contributed by atoms with E-state index in [-0.39, 0.29) is 17.2 Å². The van der Waals surface area contributed by atoms with Crippen LogP contribution in [0.2, 0.25) is 0 Å². The number of alkyl halides is 3. The second kappa shape index (κ2) is 3.87. The third kappa shape index (κ3) is 2.15. The van der Waals surface area contributed by atoms with Crippen molar-refractivity contribution in [2.45, 2.75) is 13.1 Å². The first-order valence-electron chi connectivity index (χ1n) is 4.68. The normalized spacial score (nSPS) is 11.8. The molecule has 0 fully saturated rings. The van der Waals surface area contributed by atoms with E-state index in [0.717, 1.165) is 6.07 Å². The van der Waals surface area contributed by atoms with Gasteiger partial charge in [0.15, 0.2) is 11.7 Å². The summed E-state index contributed by atoms with van der Waals surface area (Å²) in [6.07, 6.45) is -3.54. The summed E-state index contributed by atoms with van der Waals surface area (Å²) in [6, 6.07) is 3.02. The maximum absolute atomic E-state index is 13.7. The molecule has 0 amide bonds. The SMILES string of the molecule is Cc1ncc(-c2cccc(C(F)(F)F)c2F)o1. The van der Waals surface area contributed by atoms with Gasteiger partial charge in [0.25, 0.3) is 0 Å². The minimum absolute atomic E-state index is 0.0221. The quantitative estimate of drug-likeness (QED) is 0.714. The largest absolute Gasteiger partial charge is 0.441 e. The summed E-state index contributed by atoms with van der Waals surface area (Å²) < 4.78 is 56.0. The summed E-state index contributed by atoms with van der Waals surface area (Å²) in [6.45, 7) is 1.52. The maximum Gasteiger partial charge on any atom is 0.419 e. The average molecular weight is 245 g/mol. The van der Waals surface area contributed by atoms with Crippen LogP contribution in [-0.4, -0.2) is 4.98 Å². The summed E-state index contributed by atoms with van der Waals surface area (Å²) in [7, 11) is 0. The van der Waals surface area contributed by atoms with Crippen molar-refractivity contribution in [1.29, 1.82) is 0 Å². The van der Waals surface area contributed by atoms with Crippen LogP contribution in [0.25, 0.3) is 11.3 Å². The van der Waals surface area contributed by atoms with E-state index in [1.807, 2.05) is 0 Å². The third-order valence-corrected chi connectivity index (χ3v) is 2.19. The molecule has 0 saturated carbocycles. The van der Waals surface area contributed by atoms with E-state index in [1.54, 1.807) is 0 Å². The van der Waals surface area contributed by atoms with Gasteiger partial charge in [-0.05, 0) is 12.1 Å². The van der Waals surface area contributed by atoms with Crippen molar-refractivity contribution in [2.75, 3.05) is 0 Å². The Balaban J connectivity index is 2.57. The van der Waals surface area contributed by atoms with Gasteiger partial charge in [-0.1, -0.05) is 6.07 Å². The van der Waals surface area contributed by atoms with E-state index in [1.165, 1.54) is 19.2 Å².